The average Bonchev–Trinajstić information content (AvgIpc) is 2.64. The third-order valence-electron chi connectivity index (χ3n) is 4.26. The van der Waals surface area contributed by atoms with Crippen LogP contribution in [0.5, 0.6) is 0 Å². The summed E-state index contributed by atoms with van der Waals surface area (Å²) in [6.07, 6.45) is 0.00682. The number of hydrogen-bond acceptors (Lipinski definition) is 4. The minimum atomic E-state index is -0.552. The molecular formula is C20H20ClN3O3S. The van der Waals surface area contributed by atoms with Crippen molar-refractivity contribution in [2.24, 2.45) is 0 Å². The standard InChI is InChI=1S/C20H20ClN3O3S/c1-12-3-6-14(7-4-12)22-18(25)11-24(2)19(26)10-17-20(27)23-15-9-13(21)5-8-16(15)28-17/h3-9,17H,10-11H2,1-2H3,(H,22,25)(H,23,27)/t17-/m1/s1. The lowest BCUT2D eigenvalue weighted by atomic mass is 10.2. The number of halogens is 1. The predicted molar refractivity (Wildman–Crippen MR) is 112 cm³/mol. The maximum atomic E-state index is 12.5. The number of likely N-dealkylation sites (N-methyl/N-ethyl adjacent to an activating group) is 1. The summed E-state index contributed by atoms with van der Waals surface area (Å²) in [6.45, 7) is 1.88. The molecule has 3 amide bonds. The highest BCUT2D eigenvalue weighted by molar-refractivity contribution is 8.01. The van der Waals surface area contributed by atoms with Crippen molar-refractivity contribution in [2.75, 3.05) is 24.2 Å². The summed E-state index contributed by atoms with van der Waals surface area (Å²) in [6, 6.07) is 12.6. The SMILES string of the molecule is Cc1ccc(NC(=O)CN(C)C(=O)C[C@H]2Sc3ccc(Cl)cc3NC2=O)cc1. The van der Waals surface area contributed by atoms with Crippen LogP contribution in [0.2, 0.25) is 5.02 Å². The van der Waals surface area contributed by atoms with Crippen molar-refractivity contribution in [3.8, 4) is 0 Å². The van der Waals surface area contributed by atoms with E-state index in [0.717, 1.165) is 10.5 Å². The van der Waals surface area contributed by atoms with Gasteiger partial charge in [-0.05, 0) is 37.3 Å². The predicted octanol–water partition coefficient (Wildman–Crippen LogP) is 3.55. The number of carbonyl (C=O) groups is 3. The Balaban J connectivity index is 1.55. The molecular weight excluding hydrogens is 398 g/mol. The highest BCUT2D eigenvalue weighted by atomic mass is 35.5. The molecule has 0 aromatic heterocycles. The Labute approximate surface area is 172 Å². The first-order valence-corrected chi connectivity index (χ1v) is 9.95. The largest absolute Gasteiger partial charge is 0.336 e. The number of nitrogens with zero attached hydrogens (tertiary/aromatic N) is 1. The Morgan fingerprint density at radius 1 is 1.21 bits per heavy atom. The van der Waals surface area contributed by atoms with Crippen LogP contribution in [0.15, 0.2) is 47.4 Å². The van der Waals surface area contributed by atoms with Crippen LogP contribution in [0.3, 0.4) is 0 Å². The Hall–Kier alpha value is -2.51. The van der Waals surface area contributed by atoms with Crippen molar-refractivity contribution in [1.29, 1.82) is 0 Å². The van der Waals surface area contributed by atoms with Crippen LogP contribution in [-0.4, -0.2) is 41.5 Å². The number of rotatable bonds is 5. The molecule has 146 valence electrons. The first-order chi connectivity index (χ1) is 13.3. The van der Waals surface area contributed by atoms with Gasteiger partial charge < -0.3 is 15.5 Å². The molecule has 3 rings (SSSR count). The van der Waals surface area contributed by atoms with Gasteiger partial charge in [0.2, 0.25) is 17.7 Å². The number of hydrogen-bond donors (Lipinski definition) is 2. The van der Waals surface area contributed by atoms with Gasteiger partial charge in [-0.2, -0.15) is 0 Å². The number of amides is 3. The van der Waals surface area contributed by atoms with Gasteiger partial charge in [0.25, 0.3) is 0 Å². The van der Waals surface area contributed by atoms with Crippen LogP contribution in [0.1, 0.15) is 12.0 Å². The van der Waals surface area contributed by atoms with Gasteiger partial charge in [0.05, 0.1) is 17.5 Å². The first-order valence-electron chi connectivity index (χ1n) is 8.69. The van der Waals surface area contributed by atoms with Gasteiger partial charge in [0.15, 0.2) is 0 Å². The molecule has 0 saturated heterocycles. The van der Waals surface area contributed by atoms with Crippen LogP contribution < -0.4 is 10.6 Å². The van der Waals surface area contributed by atoms with E-state index in [1.54, 1.807) is 19.2 Å². The molecule has 8 heteroatoms. The monoisotopic (exact) mass is 417 g/mol. The quantitative estimate of drug-likeness (QED) is 0.779. The molecule has 0 fully saturated rings. The van der Waals surface area contributed by atoms with E-state index in [4.69, 9.17) is 11.6 Å². The Bertz CT molecular complexity index is 917. The van der Waals surface area contributed by atoms with E-state index in [2.05, 4.69) is 10.6 Å². The summed E-state index contributed by atoms with van der Waals surface area (Å²) in [5, 5.41) is 5.52. The van der Waals surface area contributed by atoms with Crippen LogP contribution in [0.25, 0.3) is 0 Å². The van der Waals surface area contributed by atoms with Crippen molar-refractivity contribution in [3.63, 3.8) is 0 Å². The van der Waals surface area contributed by atoms with Crippen molar-refractivity contribution in [3.05, 3.63) is 53.1 Å². The summed E-state index contributed by atoms with van der Waals surface area (Å²) in [5.41, 5.74) is 2.42. The summed E-state index contributed by atoms with van der Waals surface area (Å²) in [7, 11) is 1.55. The molecule has 0 unspecified atom stereocenters. The molecule has 1 aliphatic heterocycles. The molecule has 0 bridgehead atoms. The zero-order valence-electron chi connectivity index (χ0n) is 15.5. The van der Waals surface area contributed by atoms with Gasteiger partial charge >= 0.3 is 0 Å². The second kappa shape index (κ2) is 8.67. The Kier molecular flexibility index (Phi) is 6.26. The molecule has 1 heterocycles. The zero-order chi connectivity index (χ0) is 20.3. The lowest BCUT2D eigenvalue weighted by Crippen LogP contribution is -2.39. The van der Waals surface area contributed by atoms with Crippen molar-refractivity contribution in [2.45, 2.75) is 23.5 Å². The summed E-state index contributed by atoms with van der Waals surface area (Å²) >= 11 is 7.27. The number of anilines is 2. The Morgan fingerprint density at radius 2 is 1.93 bits per heavy atom. The van der Waals surface area contributed by atoms with E-state index in [1.165, 1.54) is 16.7 Å². The molecule has 2 N–H and O–H groups in total. The third-order valence-corrected chi connectivity index (χ3v) is 5.77. The van der Waals surface area contributed by atoms with Crippen molar-refractivity contribution >= 4 is 52.5 Å². The van der Waals surface area contributed by atoms with Crippen LogP contribution in [-0.2, 0) is 14.4 Å². The number of thioether (sulfide) groups is 1. The minimum absolute atomic E-state index is 0.00682. The van der Waals surface area contributed by atoms with E-state index < -0.39 is 5.25 Å². The van der Waals surface area contributed by atoms with Crippen molar-refractivity contribution < 1.29 is 14.4 Å². The van der Waals surface area contributed by atoms with Gasteiger partial charge in [-0.25, -0.2) is 0 Å². The van der Waals surface area contributed by atoms with Gasteiger partial charge in [0.1, 0.15) is 0 Å². The number of fused-ring (bicyclic) bond motifs is 1. The molecule has 1 aliphatic rings. The second-order valence-electron chi connectivity index (χ2n) is 6.60. The van der Waals surface area contributed by atoms with Gasteiger partial charge in [0, 0.05) is 29.1 Å². The fraction of sp³-hybridized carbons (Fsp3) is 0.250. The summed E-state index contributed by atoms with van der Waals surface area (Å²) in [4.78, 5) is 39.1. The summed E-state index contributed by atoms with van der Waals surface area (Å²) < 4.78 is 0. The molecule has 0 spiro atoms. The number of aryl methyl sites for hydroxylation is 1. The molecule has 6 nitrogen and oxygen atoms in total. The molecule has 2 aromatic carbocycles. The lowest BCUT2D eigenvalue weighted by molar-refractivity contribution is -0.134. The van der Waals surface area contributed by atoms with Crippen LogP contribution in [0, 0.1) is 6.92 Å². The maximum Gasteiger partial charge on any atom is 0.243 e. The Morgan fingerprint density at radius 3 is 2.64 bits per heavy atom. The lowest BCUT2D eigenvalue weighted by Gasteiger charge is -2.25. The molecule has 0 aliphatic carbocycles. The maximum absolute atomic E-state index is 12.5. The fourth-order valence-corrected chi connectivity index (χ4v) is 3.97. The average molecular weight is 418 g/mol. The zero-order valence-corrected chi connectivity index (χ0v) is 17.1. The van der Waals surface area contributed by atoms with Gasteiger partial charge in [-0.15, -0.1) is 11.8 Å². The second-order valence-corrected chi connectivity index (χ2v) is 8.29. The minimum Gasteiger partial charge on any atom is -0.336 e. The van der Waals surface area contributed by atoms with Crippen LogP contribution >= 0.6 is 23.4 Å². The molecule has 0 radical (unpaired) electrons. The molecule has 0 saturated carbocycles. The highest BCUT2D eigenvalue weighted by Crippen LogP contribution is 2.38. The number of nitrogens with one attached hydrogen (secondary N) is 2. The topological polar surface area (TPSA) is 78.5 Å². The summed E-state index contributed by atoms with van der Waals surface area (Å²) in [5.74, 6) is -0.810. The van der Waals surface area contributed by atoms with E-state index in [1.807, 2.05) is 37.3 Å². The smallest absolute Gasteiger partial charge is 0.243 e. The normalized spacial score (nSPS) is 15.4. The van der Waals surface area contributed by atoms with E-state index in [-0.39, 0.29) is 30.7 Å². The van der Waals surface area contributed by atoms with Gasteiger partial charge in [-0.1, -0.05) is 29.3 Å². The molecule has 2 aromatic rings. The molecule has 28 heavy (non-hydrogen) atoms. The van der Waals surface area contributed by atoms with Crippen molar-refractivity contribution in [1.82, 2.24) is 4.90 Å². The first kappa shape index (κ1) is 20.2. The number of benzene rings is 2. The molecule has 1 atom stereocenters. The van der Waals surface area contributed by atoms with E-state index in [0.29, 0.717) is 16.4 Å². The number of carbonyl (C=O) groups excluding carboxylic acids is 3. The van der Waals surface area contributed by atoms with Crippen LogP contribution in [0.4, 0.5) is 11.4 Å². The highest BCUT2D eigenvalue weighted by Gasteiger charge is 2.30. The fourth-order valence-electron chi connectivity index (χ4n) is 2.71. The van der Waals surface area contributed by atoms with E-state index in [9.17, 15) is 14.4 Å². The third kappa shape index (κ3) is 5.05. The van der Waals surface area contributed by atoms with Gasteiger partial charge in [-0.3, -0.25) is 14.4 Å². The van der Waals surface area contributed by atoms with E-state index >= 15 is 0 Å².